The number of rotatable bonds is 5. The lowest BCUT2D eigenvalue weighted by molar-refractivity contribution is 0.314. The van der Waals surface area contributed by atoms with Crippen molar-refractivity contribution in [1.82, 2.24) is 0 Å². The lowest BCUT2D eigenvalue weighted by Gasteiger charge is -2.30. The summed E-state index contributed by atoms with van der Waals surface area (Å²) in [6, 6.07) is 0. The van der Waals surface area contributed by atoms with E-state index in [0.29, 0.717) is 10.8 Å². The Bertz CT molecular complexity index is 415. The topological polar surface area (TPSA) is 0 Å². The zero-order valence-electron chi connectivity index (χ0n) is 16.7. The SMILES string of the molecule is C=C(C)CCC(C)(C)CC(=C)C.CC1=C(C)CC(C)(C)CC1. The minimum absolute atomic E-state index is 0.394. The zero-order chi connectivity index (χ0) is 17.6. The molecule has 0 spiro atoms. The van der Waals surface area contributed by atoms with Gasteiger partial charge in [0.25, 0.3) is 0 Å². The molecule has 0 aromatic carbocycles. The molecule has 0 aromatic heterocycles. The molecule has 0 N–H and O–H groups in total. The number of hydrogen-bond acceptors (Lipinski definition) is 0. The normalized spacial score (nSPS) is 17.6. The quantitative estimate of drug-likeness (QED) is 0.453. The van der Waals surface area contributed by atoms with Gasteiger partial charge in [-0.1, -0.05) is 50.0 Å². The number of hydrogen-bond donors (Lipinski definition) is 0. The minimum atomic E-state index is 0.394. The third kappa shape index (κ3) is 10.0. The van der Waals surface area contributed by atoms with Crippen molar-refractivity contribution >= 4 is 0 Å². The van der Waals surface area contributed by atoms with Gasteiger partial charge in [0.05, 0.1) is 0 Å². The van der Waals surface area contributed by atoms with Crippen molar-refractivity contribution in [3.63, 3.8) is 0 Å². The Balaban J connectivity index is 0.000000406. The minimum Gasteiger partial charge on any atom is -0.100 e. The van der Waals surface area contributed by atoms with Crippen LogP contribution in [0.3, 0.4) is 0 Å². The lowest BCUT2D eigenvalue weighted by atomic mass is 9.75. The fourth-order valence-corrected chi connectivity index (χ4v) is 3.15. The molecule has 0 atom stereocenters. The maximum Gasteiger partial charge on any atom is -0.0269 e. The fraction of sp³-hybridized carbons (Fsp3) is 0.727. The standard InChI is InChI=1S/C12H22.C10H18/c1-10(2)7-8-12(5,6)9-11(3)4;1-8-5-6-10(3,4)7-9(8)2/h1,3,7-9H2,2,4-6H3;5-7H2,1-4H3. The van der Waals surface area contributed by atoms with Crippen LogP contribution in [0.15, 0.2) is 35.5 Å². The molecular formula is C22H40. The molecule has 0 radical (unpaired) electrons. The van der Waals surface area contributed by atoms with Crippen LogP contribution in [0.25, 0.3) is 0 Å². The summed E-state index contributed by atoms with van der Waals surface area (Å²) >= 11 is 0. The Kier molecular flexibility index (Phi) is 8.44. The third-order valence-electron chi connectivity index (χ3n) is 4.66. The first-order valence-corrected chi connectivity index (χ1v) is 8.79. The van der Waals surface area contributed by atoms with Crippen LogP contribution in [-0.4, -0.2) is 0 Å². The highest BCUT2D eigenvalue weighted by atomic mass is 14.3. The van der Waals surface area contributed by atoms with Crippen LogP contribution < -0.4 is 0 Å². The second-order valence-corrected chi connectivity index (χ2v) is 9.16. The molecule has 1 rings (SSSR count). The van der Waals surface area contributed by atoms with Gasteiger partial charge in [-0.15, -0.1) is 13.2 Å². The van der Waals surface area contributed by atoms with Crippen molar-refractivity contribution in [3.05, 3.63) is 35.5 Å². The van der Waals surface area contributed by atoms with Gasteiger partial charge in [0.15, 0.2) is 0 Å². The molecular weight excluding hydrogens is 264 g/mol. The predicted molar refractivity (Wildman–Crippen MR) is 103 cm³/mol. The fourth-order valence-electron chi connectivity index (χ4n) is 3.15. The Morgan fingerprint density at radius 2 is 1.59 bits per heavy atom. The maximum atomic E-state index is 3.94. The van der Waals surface area contributed by atoms with Gasteiger partial charge in [-0.2, -0.15) is 0 Å². The molecule has 1 aliphatic carbocycles. The Morgan fingerprint density at radius 3 is 1.95 bits per heavy atom. The Labute approximate surface area is 140 Å². The van der Waals surface area contributed by atoms with E-state index in [1.165, 1.54) is 36.8 Å². The van der Waals surface area contributed by atoms with Crippen molar-refractivity contribution in [1.29, 1.82) is 0 Å². The van der Waals surface area contributed by atoms with E-state index >= 15 is 0 Å². The lowest BCUT2D eigenvalue weighted by Crippen LogP contribution is -2.16. The summed E-state index contributed by atoms with van der Waals surface area (Å²) in [6.45, 7) is 25.9. The molecule has 0 fully saturated rings. The van der Waals surface area contributed by atoms with Gasteiger partial charge in [0, 0.05) is 0 Å². The van der Waals surface area contributed by atoms with E-state index in [1.807, 2.05) is 0 Å². The smallest absolute Gasteiger partial charge is 0.0269 e. The van der Waals surface area contributed by atoms with Crippen LogP contribution in [0.4, 0.5) is 0 Å². The van der Waals surface area contributed by atoms with Crippen LogP contribution in [-0.2, 0) is 0 Å². The molecule has 0 aliphatic heterocycles. The summed E-state index contributed by atoms with van der Waals surface area (Å²) in [6.07, 6.45) is 7.48. The van der Waals surface area contributed by atoms with Crippen molar-refractivity contribution < 1.29 is 0 Å². The molecule has 0 heterocycles. The van der Waals surface area contributed by atoms with Gasteiger partial charge >= 0.3 is 0 Å². The van der Waals surface area contributed by atoms with Crippen LogP contribution in [0.5, 0.6) is 0 Å². The molecule has 0 unspecified atom stereocenters. The molecule has 1 aliphatic rings. The van der Waals surface area contributed by atoms with Crippen molar-refractivity contribution in [2.75, 3.05) is 0 Å². The van der Waals surface area contributed by atoms with Gasteiger partial charge in [-0.25, -0.2) is 0 Å². The summed E-state index contributed by atoms with van der Waals surface area (Å²) in [4.78, 5) is 0. The molecule has 128 valence electrons. The van der Waals surface area contributed by atoms with Gasteiger partial charge < -0.3 is 0 Å². The summed E-state index contributed by atoms with van der Waals surface area (Å²) in [5.41, 5.74) is 6.77. The van der Waals surface area contributed by atoms with Crippen LogP contribution in [0.1, 0.15) is 93.9 Å². The molecule has 0 heteroatoms. The molecule has 0 saturated heterocycles. The first kappa shape index (κ1) is 21.2. The first-order chi connectivity index (χ1) is 9.84. The highest BCUT2D eigenvalue weighted by molar-refractivity contribution is 5.15. The van der Waals surface area contributed by atoms with E-state index in [4.69, 9.17) is 0 Å². The molecule has 0 saturated carbocycles. The van der Waals surface area contributed by atoms with Crippen LogP contribution >= 0.6 is 0 Å². The number of allylic oxidation sites excluding steroid dienone is 4. The molecule has 0 aromatic rings. The highest BCUT2D eigenvalue weighted by Gasteiger charge is 2.22. The van der Waals surface area contributed by atoms with E-state index < -0.39 is 0 Å². The molecule has 0 amide bonds. The Hall–Kier alpha value is -0.780. The predicted octanol–water partition coefficient (Wildman–Crippen LogP) is 7.87. The van der Waals surface area contributed by atoms with Gasteiger partial charge in [-0.3, -0.25) is 0 Å². The van der Waals surface area contributed by atoms with Gasteiger partial charge in [-0.05, 0) is 77.0 Å². The second kappa shape index (κ2) is 8.75. The second-order valence-electron chi connectivity index (χ2n) is 9.16. The van der Waals surface area contributed by atoms with Crippen molar-refractivity contribution in [2.45, 2.75) is 93.9 Å². The van der Waals surface area contributed by atoms with E-state index in [0.717, 1.165) is 12.8 Å². The van der Waals surface area contributed by atoms with E-state index in [2.05, 4.69) is 68.5 Å². The third-order valence-corrected chi connectivity index (χ3v) is 4.66. The van der Waals surface area contributed by atoms with Crippen LogP contribution in [0, 0.1) is 10.8 Å². The first-order valence-electron chi connectivity index (χ1n) is 8.79. The summed E-state index contributed by atoms with van der Waals surface area (Å²) < 4.78 is 0. The van der Waals surface area contributed by atoms with Crippen LogP contribution in [0.2, 0.25) is 0 Å². The van der Waals surface area contributed by atoms with E-state index in [-0.39, 0.29) is 0 Å². The molecule has 0 bridgehead atoms. The van der Waals surface area contributed by atoms with Gasteiger partial charge in [0.2, 0.25) is 0 Å². The van der Waals surface area contributed by atoms with E-state index in [1.54, 1.807) is 11.1 Å². The van der Waals surface area contributed by atoms with Crippen molar-refractivity contribution in [3.8, 4) is 0 Å². The van der Waals surface area contributed by atoms with Crippen molar-refractivity contribution in [2.24, 2.45) is 10.8 Å². The van der Waals surface area contributed by atoms with E-state index in [9.17, 15) is 0 Å². The maximum absolute atomic E-state index is 3.94. The monoisotopic (exact) mass is 304 g/mol. The van der Waals surface area contributed by atoms with Gasteiger partial charge in [0.1, 0.15) is 0 Å². The largest absolute Gasteiger partial charge is 0.100 e. The molecule has 0 nitrogen and oxygen atoms in total. The average molecular weight is 305 g/mol. The summed E-state index contributed by atoms with van der Waals surface area (Å²) in [5, 5.41) is 0. The Morgan fingerprint density at radius 1 is 1.05 bits per heavy atom. The highest BCUT2D eigenvalue weighted by Crippen LogP contribution is 2.37. The zero-order valence-corrected chi connectivity index (χ0v) is 16.7. The summed E-state index contributed by atoms with van der Waals surface area (Å²) in [5.74, 6) is 0. The average Bonchev–Trinajstić information content (AvgIpc) is 2.31. The summed E-state index contributed by atoms with van der Waals surface area (Å²) in [7, 11) is 0. The molecule has 22 heavy (non-hydrogen) atoms.